The van der Waals surface area contributed by atoms with Gasteiger partial charge in [-0.05, 0) is 47.1 Å². The number of halogens is 1. The van der Waals surface area contributed by atoms with Gasteiger partial charge in [0.15, 0.2) is 6.61 Å². The van der Waals surface area contributed by atoms with Gasteiger partial charge in [-0.25, -0.2) is 0 Å². The van der Waals surface area contributed by atoms with Crippen molar-refractivity contribution in [2.24, 2.45) is 0 Å². The molecule has 0 bridgehead atoms. The predicted octanol–water partition coefficient (Wildman–Crippen LogP) is 4.11. The van der Waals surface area contributed by atoms with Crippen molar-refractivity contribution in [3.63, 3.8) is 0 Å². The molecule has 0 aliphatic heterocycles. The van der Waals surface area contributed by atoms with Gasteiger partial charge in [-0.15, -0.1) is 11.8 Å². The number of rotatable bonds is 6. The molecule has 0 radical (unpaired) electrons. The number of amides is 1. The van der Waals surface area contributed by atoms with E-state index in [1.54, 1.807) is 13.0 Å². The molecule has 1 N–H and O–H groups in total. The molecule has 120 valence electrons. The lowest BCUT2D eigenvalue weighted by molar-refractivity contribution is -0.146. The smallest absolute Gasteiger partial charge is 0.319 e. The second kappa shape index (κ2) is 8.74. The standard InChI is InChI=1S/C17H16BrNO3S/c1-12(23-13-7-3-2-4-8-13)17(21)22-11-16(20)19-15-10-6-5-9-14(15)18/h2-10,12H,11H2,1H3,(H,19,20)/t12-/m0/s1. The van der Waals surface area contributed by atoms with E-state index in [2.05, 4.69) is 21.2 Å². The first-order valence-electron chi connectivity index (χ1n) is 6.99. The lowest BCUT2D eigenvalue weighted by Crippen LogP contribution is -2.24. The highest BCUT2D eigenvalue weighted by atomic mass is 79.9. The largest absolute Gasteiger partial charge is 0.455 e. The summed E-state index contributed by atoms with van der Waals surface area (Å²) < 4.78 is 5.83. The molecule has 1 atom stereocenters. The van der Waals surface area contributed by atoms with Crippen LogP contribution >= 0.6 is 27.7 Å². The van der Waals surface area contributed by atoms with Crippen LogP contribution in [0, 0.1) is 0 Å². The zero-order chi connectivity index (χ0) is 16.7. The summed E-state index contributed by atoms with van der Waals surface area (Å²) in [6.07, 6.45) is 0. The summed E-state index contributed by atoms with van der Waals surface area (Å²) >= 11 is 4.74. The zero-order valence-corrected chi connectivity index (χ0v) is 14.9. The summed E-state index contributed by atoms with van der Waals surface area (Å²) in [5, 5.41) is 2.30. The number of anilines is 1. The van der Waals surface area contributed by atoms with E-state index in [1.807, 2.05) is 48.5 Å². The molecule has 2 aromatic rings. The van der Waals surface area contributed by atoms with Crippen LogP contribution in [0.15, 0.2) is 64.0 Å². The van der Waals surface area contributed by atoms with E-state index < -0.39 is 5.97 Å². The van der Waals surface area contributed by atoms with E-state index in [0.29, 0.717) is 5.69 Å². The Balaban J connectivity index is 1.79. The topological polar surface area (TPSA) is 55.4 Å². The molecule has 23 heavy (non-hydrogen) atoms. The number of ether oxygens (including phenoxy) is 1. The van der Waals surface area contributed by atoms with Crippen molar-refractivity contribution in [3.8, 4) is 0 Å². The van der Waals surface area contributed by atoms with Gasteiger partial charge in [0.2, 0.25) is 0 Å². The Labute approximate surface area is 147 Å². The summed E-state index contributed by atoms with van der Waals surface area (Å²) in [6, 6.07) is 16.8. The summed E-state index contributed by atoms with van der Waals surface area (Å²) in [5.74, 6) is -0.789. The maximum absolute atomic E-state index is 11.9. The minimum atomic E-state index is -0.416. The molecule has 6 heteroatoms. The van der Waals surface area contributed by atoms with Crippen LogP contribution in [0.2, 0.25) is 0 Å². The fraction of sp³-hybridized carbons (Fsp3) is 0.176. The second-order valence-electron chi connectivity index (χ2n) is 4.71. The van der Waals surface area contributed by atoms with Crippen LogP contribution in [-0.4, -0.2) is 23.7 Å². The summed E-state index contributed by atoms with van der Waals surface area (Å²) in [4.78, 5) is 24.8. The third-order valence-electron chi connectivity index (χ3n) is 2.88. The van der Waals surface area contributed by atoms with Crippen LogP contribution in [0.3, 0.4) is 0 Å². The molecule has 0 fully saturated rings. The van der Waals surface area contributed by atoms with Gasteiger partial charge in [0, 0.05) is 9.37 Å². The SMILES string of the molecule is C[C@H](Sc1ccccc1)C(=O)OCC(=O)Nc1ccccc1Br. The number of benzene rings is 2. The molecule has 0 aliphatic carbocycles. The molecule has 1 amide bonds. The maximum atomic E-state index is 11.9. The van der Waals surface area contributed by atoms with Gasteiger partial charge in [0.25, 0.3) is 5.91 Å². The van der Waals surface area contributed by atoms with E-state index in [0.717, 1.165) is 9.37 Å². The number of carbonyl (C=O) groups is 2. The Bertz CT molecular complexity index is 679. The van der Waals surface area contributed by atoms with Crippen LogP contribution in [0.4, 0.5) is 5.69 Å². The van der Waals surface area contributed by atoms with Crippen molar-refractivity contribution in [1.29, 1.82) is 0 Å². The van der Waals surface area contributed by atoms with Gasteiger partial charge < -0.3 is 10.1 Å². The molecule has 0 aromatic heterocycles. The highest BCUT2D eigenvalue weighted by molar-refractivity contribution is 9.10. The Hall–Kier alpha value is -1.79. The number of nitrogens with one attached hydrogen (secondary N) is 1. The summed E-state index contributed by atoms with van der Waals surface area (Å²) in [7, 11) is 0. The fourth-order valence-corrected chi connectivity index (χ4v) is 3.02. The van der Waals surface area contributed by atoms with Crippen LogP contribution in [-0.2, 0) is 14.3 Å². The Kier molecular flexibility index (Phi) is 6.67. The first-order chi connectivity index (χ1) is 11.1. The Morgan fingerprint density at radius 2 is 1.78 bits per heavy atom. The van der Waals surface area contributed by atoms with E-state index in [4.69, 9.17) is 4.74 Å². The van der Waals surface area contributed by atoms with Gasteiger partial charge in [0.1, 0.15) is 5.25 Å². The van der Waals surface area contributed by atoms with Crippen molar-refractivity contribution in [2.75, 3.05) is 11.9 Å². The van der Waals surface area contributed by atoms with Gasteiger partial charge in [0.05, 0.1) is 5.69 Å². The van der Waals surface area contributed by atoms with Crippen LogP contribution in [0.25, 0.3) is 0 Å². The molecule has 2 rings (SSSR count). The normalized spacial score (nSPS) is 11.6. The van der Waals surface area contributed by atoms with E-state index in [9.17, 15) is 9.59 Å². The molecule has 0 heterocycles. The minimum Gasteiger partial charge on any atom is -0.455 e. The predicted molar refractivity (Wildman–Crippen MR) is 95.5 cm³/mol. The van der Waals surface area contributed by atoms with Crippen molar-refractivity contribution in [3.05, 3.63) is 59.1 Å². The van der Waals surface area contributed by atoms with Gasteiger partial charge in [-0.3, -0.25) is 9.59 Å². The molecule has 0 saturated carbocycles. The van der Waals surface area contributed by atoms with E-state index >= 15 is 0 Å². The lowest BCUT2D eigenvalue weighted by Gasteiger charge is -2.11. The third-order valence-corrected chi connectivity index (χ3v) is 4.66. The van der Waals surface area contributed by atoms with Crippen molar-refractivity contribution < 1.29 is 14.3 Å². The highest BCUT2D eigenvalue weighted by Gasteiger charge is 2.17. The third kappa shape index (κ3) is 5.73. The molecule has 0 spiro atoms. The van der Waals surface area contributed by atoms with Crippen LogP contribution in [0.1, 0.15) is 6.92 Å². The Morgan fingerprint density at radius 1 is 1.13 bits per heavy atom. The van der Waals surface area contributed by atoms with E-state index in [1.165, 1.54) is 11.8 Å². The number of hydrogen-bond acceptors (Lipinski definition) is 4. The number of hydrogen-bond donors (Lipinski definition) is 1. The molecule has 0 saturated heterocycles. The molecular weight excluding hydrogens is 378 g/mol. The molecule has 4 nitrogen and oxygen atoms in total. The van der Waals surface area contributed by atoms with Crippen molar-refractivity contribution in [2.45, 2.75) is 17.1 Å². The first-order valence-corrected chi connectivity index (χ1v) is 8.66. The van der Waals surface area contributed by atoms with Gasteiger partial charge in [-0.2, -0.15) is 0 Å². The average molecular weight is 394 g/mol. The molecule has 2 aromatic carbocycles. The van der Waals surface area contributed by atoms with Gasteiger partial charge in [-0.1, -0.05) is 30.3 Å². The number of carbonyl (C=O) groups excluding carboxylic acids is 2. The van der Waals surface area contributed by atoms with Crippen LogP contribution in [0.5, 0.6) is 0 Å². The summed E-state index contributed by atoms with van der Waals surface area (Å²) in [6.45, 7) is 1.45. The van der Waals surface area contributed by atoms with Crippen molar-refractivity contribution >= 4 is 45.3 Å². The second-order valence-corrected chi connectivity index (χ2v) is 6.98. The highest BCUT2D eigenvalue weighted by Crippen LogP contribution is 2.23. The average Bonchev–Trinajstić information content (AvgIpc) is 2.55. The monoisotopic (exact) mass is 393 g/mol. The quantitative estimate of drug-likeness (QED) is 0.592. The minimum absolute atomic E-state index is 0.306. The van der Waals surface area contributed by atoms with E-state index in [-0.39, 0.29) is 17.8 Å². The van der Waals surface area contributed by atoms with Crippen molar-refractivity contribution in [1.82, 2.24) is 0 Å². The van der Waals surface area contributed by atoms with Crippen LogP contribution < -0.4 is 5.32 Å². The molecular formula is C17H16BrNO3S. The Morgan fingerprint density at radius 3 is 2.48 bits per heavy atom. The van der Waals surface area contributed by atoms with Gasteiger partial charge >= 0.3 is 5.97 Å². The molecule has 0 unspecified atom stereocenters. The fourth-order valence-electron chi connectivity index (χ4n) is 1.75. The summed E-state index contributed by atoms with van der Waals surface area (Å²) in [5.41, 5.74) is 0.639. The number of esters is 1. The maximum Gasteiger partial charge on any atom is 0.319 e. The zero-order valence-electron chi connectivity index (χ0n) is 12.5. The number of thioether (sulfide) groups is 1. The first kappa shape index (κ1) is 17.6. The molecule has 0 aliphatic rings. The number of para-hydroxylation sites is 1. The lowest BCUT2D eigenvalue weighted by atomic mass is 10.3.